The molecule has 0 aromatic heterocycles. The summed E-state index contributed by atoms with van der Waals surface area (Å²) in [4.78, 5) is 0. The van der Waals surface area contributed by atoms with Gasteiger partial charge >= 0.3 is 0 Å². The standard InChI is InChI=1S/C6H14S3/c1-4-9-6(2,7)5-8-3/h7H,4-5H2,1-3H3. The minimum Gasteiger partial charge on any atom is -0.163 e. The summed E-state index contributed by atoms with van der Waals surface area (Å²) in [7, 11) is 0. The Morgan fingerprint density at radius 2 is 2.11 bits per heavy atom. The second kappa shape index (κ2) is 4.80. The third-order valence-corrected chi connectivity index (χ3v) is 3.73. The van der Waals surface area contributed by atoms with Crippen molar-refractivity contribution in [2.75, 3.05) is 17.8 Å². The fourth-order valence-corrected chi connectivity index (χ4v) is 3.24. The van der Waals surface area contributed by atoms with Crippen molar-refractivity contribution in [2.45, 2.75) is 17.9 Å². The van der Waals surface area contributed by atoms with Crippen molar-refractivity contribution >= 4 is 36.2 Å². The molecular formula is C6H14S3. The number of hydrogen-bond acceptors (Lipinski definition) is 3. The van der Waals surface area contributed by atoms with Crippen molar-refractivity contribution in [2.24, 2.45) is 0 Å². The van der Waals surface area contributed by atoms with Crippen molar-refractivity contribution in [1.29, 1.82) is 0 Å². The molecule has 0 spiro atoms. The highest BCUT2D eigenvalue weighted by molar-refractivity contribution is 8.13. The van der Waals surface area contributed by atoms with E-state index in [1.54, 1.807) is 0 Å². The van der Waals surface area contributed by atoms with Crippen LogP contribution < -0.4 is 0 Å². The zero-order valence-electron chi connectivity index (χ0n) is 6.18. The predicted molar refractivity (Wildman–Crippen MR) is 53.9 cm³/mol. The molecule has 0 fully saturated rings. The average Bonchev–Trinajstić information content (AvgIpc) is 1.64. The Kier molecular flexibility index (Phi) is 5.36. The first-order valence-corrected chi connectivity index (χ1v) is 5.80. The van der Waals surface area contributed by atoms with Crippen LogP contribution in [0.2, 0.25) is 0 Å². The molecule has 0 aliphatic carbocycles. The predicted octanol–water partition coefficient (Wildman–Crippen LogP) is 2.75. The van der Waals surface area contributed by atoms with Gasteiger partial charge in [-0.25, -0.2) is 0 Å². The summed E-state index contributed by atoms with van der Waals surface area (Å²) in [6, 6.07) is 0. The highest BCUT2D eigenvalue weighted by atomic mass is 32.2. The molecule has 0 heterocycles. The molecule has 0 amide bonds. The average molecular weight is 182 g/mol. The number of rotatable bonds is 4. The van der Waals surface area contributed by atoms with E-state index in [2.05, 4.69) is 32.7 Å². The van der Waals surface area contributed by atoms with Crippen LogP contribution in [0.1, 0.15) is 13.8 Å². The molecule has 56 valence electrons. The quantitative estimate of drug-likeness (QED) is 0.524. The van der Waals surface area contributed by atoms with Gasteiger partial charge in [0.05, 0.1) is 4.08 Å². The van der Waals surface area contributed by atoms with Gasteiger partial charge in [-0.15, -0.1) is 11.8 Å². The van der Waals surface area contributed by atoms with Crippen molar-refractivity contribution < 1.29 is 0 Å². The van der Waals surface area contributed by atoms with Gasteiger partial charge in [0.15, 0.2) is 0 Å². The Balaban J connectivity index is 3.43. The second-order valence-corrected chi connectivity index (χ2v) is 5.96. The fraction of sp³-hybridized carbons (Fsp3) is 1.00. The first-order chi connectivity index (χ1) is 4.12. The van der Waals surface area contributed by atoms with E-state index < -0.39 is 0 Å². The first-order valence-electron chi connectivity index (χ1n) is 2.97. The SMILES string of the molecule is CCSC(C)(S)CSC. The third-order valence-electron chi connectivity index (χ3n) is 0.867. The summed E-state index contributed by atoms with van der Waals surface area (Å²) >= 11 is 8.24. The molecule has 0 aromatic rings. The largest absolute Gasteiger partial charge is 0.163 e. The van der Waals surface area contributed by atoms with Crippen LogP contribution in [0.4, 0.5) is 0 Å². The van der Waals surface area contributed by atoms with Gasteiger partial charge in [0.1, 0.15) is 0 Å². The van der Waals surface area contributed by atoms with E-state index in [0.29, 0.717) is 0 Å². The summed E-state index contributed by atoms with van der Waals surface area (Å²) in [6.45, 7) is 4.33. The van der Waals surface area contributed by atoms with Crippen LogP contribution in [0.5, 0.6) is 0 Å². The molecule has 0 bridgehead atoms. The molecule has 0 nitrogen and oxygen atoms in total. The van der Waals surface area contributed by atoms with Gasteiger partial charge in [-0.1, -0.05) is 6.92 Å². The van der Waals surface area contributed by atoms with Gasteiger partial charge in [0.25, 0.3) is 0 Å². The van der Waals surface area contributed by atoms with E-state index in [0.717, 1.165) is 11.5 Å². The molecule has 0 saturated heterocycles. The maximum atomic E-state index is 4.49. The molecule has 1 atom stereocenters. The smallest absolute Gasteiger partial charge is 0.0643 e. The maximum Gasteiger partial charge on any atom is 0.0643 e. The lowest BCUT2D eigenvalue weighted by atomic mass is 10.5. The Morgan fingerprint density at radius 1 is 1.56 bits per heavy atom. The summed E-state index contributed by atoms with van der Waals surface area (Å²) in [5.74, 6) is 2.27. The van der Waals surface area contributed by atoms with Crippen LogP contribution in [0, 0.1) is 0 Å². The molecule has 1 unspecified atom stereocenters. The van der Waals surface area contributed by atoms with Gasteiger partial charge in [-0.3, -0.25) is 0 Å². The fourth-order valence-electron chi connectivity index (χ4n) is 0.620. The van der Waals surface area contributed by atoms with E-state index in [4.69, 9.17) is 0 Å². The Labute approximate surface area is 72.0 Å². The van der Waals surface area contributed by atoms with Crippen LogP contribution >= 0.6 is 36.2 Å². The Morgan fingerprint density at radius 3 is 2.44 bits per heavy atom. The minimum absolute atomic E-state index is 0.175. The van der Waals surface area contributed by atoms with Gasteiger partial charge < -0.3 is 0 Å². The normalized spacial score (nSPS) is 17.3. The van der Waals surface area contributed by atoms with Crippen molar-refractivity contribution in [3.8, 4) is 0 Å². The van der Waals surface area contributed by atoms with Crippen LogP contribution in [-0.2, 0) is 0 Å². The monoisotopic (exact) mass is 182 g/mol. The van der Waals surface area contributed by atoms with Crippen LogP contribution in [-0.4, -0.2) is 21.8 Å². The Bertz CT molecular complexity index is 62.7. The first kappa shape index (κ1) is 10.0. The zero-order chi connectivity index (χ0) is 7.33. The molecule has 0 aliphatic rings. The lowest BCUT2D eigenvalue weighted by Crippen LogP contribution is -2.14. The molecule has 0 N–H and O–H groups in total. The summed E-state index contributed by atoms with van der Waals surface area (Å²) in [5, 5.41) is 0. The van der Waals surface area contributed by atoms with Crippen LogP contribution in [0.15, 0.2) is 0 Å². The van der Waals surface area contributed by atoms with Gasteiger partial charge in [-0.2, -0.15) is 24.4 Å². The summed E-state index contributed by atoms with van der Waals surface area (Å²) < 4.78 is 0.175. The van der Waals surface area contributed by atoms with E-state index in [9.17, 15) is 0 Å². The summed E-state index contributed by atoms with van der Waals surface area (Å²) in [6.07, 6.45) is 2.12. The van der Waals surface area contributed by atoms with Crippen LogP contribution in [0.3, 0.4) is 0 Å². The lowest BCUT2D eigenvalue weighted by Gasteiger charge is -2.20. The molecular weight excluding hydrogens is 168 g/mol. The van der Waals surface area contributed by atoms with Gasteiger partial charge in [0, 0.05) is 5.75 Å². The molecule has 9 heavy (non-hydrogen) atoms. The summed E-state index contributed by atoms with van der Waals surface area (Å²) in [5.41, 5.74) is 0. The topological polar surface area (TPSA) is 0 Å². The van der Waals surface area contributed by atoms with E-state index >= 15 is 0 Å². The maximum absolute atomic E-state index is 4.49. The van der Waals surface area contributed by atoms with E-state index in [1.165, 1.54) is 0 Å². The van der Waals surface area contributed by atoms with Gasteiger partial charge in [-0.05, 0) is 18.9 Å². The number of thiol groups is 1. The van der Waals surface area contributed by atoms with Crippen LogP contribution in [0.25, 0.3) is 0 Å². The lowest BCUT2D eigenvalue weighted by molar-refractivity contribution is 1.06. The minimum atomic E-state index is 0.175. The molecule has 0 aromatic carbocycles. The van der Waals surface area contributed by atoms with E-state index in [-0.39, 0.29) is 4.08 Å². The highest BCUT2D eigenvalue weighted by Gasteiger charge is 2.16. The number of hydrogen-bond donors (Lipinski definition) is 1. The van der Waals surface area contributed by atoms with Crippen molar-refractivity contribution in [1.82, 2.24) is 0 Å². The molecule has 0 radical (unpaired) electrons. The molecule has 3 heteroatoms. The van der Waals surface area contributed by atoms with Crippen molar-refractivity contribution in [3.63, 3.8) is 0 Å². The van der Waals surface area contributed by atoms with Gasteiger partial charge in [0.2, 0.25) is 0 Å². The Hall–Kier alpha value is 1.05. The number of thioether (sulfide) groups is 2. The van der Waals surface area contributed by atoms with E-state index in [1.807, 2.05) is 23.5 Å². The van der Waals surface area contributed by atoms with Crippen molar-refractivity contribution in [3.05, 3.63) is 0 Å². The third kappa shape index (κ3) is 5.49. The zero-order valence-corrected chi connectivity index (χ0v) is 8.71. The highest BCUT2D eigenvalue weighted by Crippen LogP contribution is 2.31. The second-order valence-electron chi connectivity index (χ2n) is 2.04. The molecule has 0 aliphatic heterocycles. The molecule has 0 rings (SSSR count). The molecule has 0 saturated carbocycles.